The topological polar surface area (TPSA) is 82.5 Å². The van der Waals surface area contributed by atoms with Crippen LogP contribution < -0.4 is 10.2 Å². The maximum Gasteiger partial charge on any atom is 0.328 e. The Balaban J connectivity index is 1.68. The number of aliphatic carboxylic acids is 1. The molecule has 2 N–H and O–H groups in total. The number of carbonyl (C=O) groups excluding carboxylic acids is 1. The number of anilines is 2. The van der Waals surface area contributed by atoms with Crippen LogP contribution in [0.15, 0.2) is 34.7 Å². The van der Waals surface area contributed by atoms with Crippen molar-refractivity contribution < 1.29 is 19.1 Å². The highest BCUT2D eigenvalue weighted by Gasteiger charge is 2.28. The molecule has 3 rings (SSSR count). The van der Waals surface area contributed by atoms with Crippen LogP contribution in [0.1, 0.15) is 39.5 Å². The summed E-state index contributed by atoms with van der Waals surface area (Å²) in [5.74, 6) is -0.439. The Morgan fingerprint density at radius 3 is 2.77 bits per heavy atom. The largest absolute Gasteiger partial charge is 0.481 e. The van der Waals surface area contributed by atoms with Crippen molar-refractivity contribution in [3.05, 3.63) is 36.3 Å². The quantitative estimate of drug-likeness (QED) is 0.502. The number of carbonyl (C=O) groups is 2. The molecule has 1 fully saturated rings. The first-order valence-corrected chi connectivity index (χ1v) is 11.7. The van der Waals surface area contributed by atoms with Crippen LogP contribution in [-0.4, -0.2) is 34.4 Å². The molecule has 0 radical (unpaired) electrons. The number of rotatable bonds is 8. The molecule has 1 aromatic heterocycles. The average molecular weight is 452 g/mol. The molecule has 0 unspecified atom stereocenters. The summed E-state index contributed by atoms with van der Waals surface area (Å²) in [6.45, 7) is 3.88. The van der Waals surface area contributed by atoms with Gasteiger partial charge in [0.25, 0.3) is 0 Å². The van der Waals surface area contributed by atoms with Gasteiger partial charge in [0.1, 0.15) is 5.82 Å². The summed E-state index contributed by atoms with van der Waals surface area (Å²) in [5, 5.41) is 12.5. The summed E-state index contributed by atoms with van der Waals surface area (Å²) >= 11 is 2.70. The Hall–Kier alpha value is -2.13. The van der Waals surface area contributed by atoms with Gasteiger partial charge in [0.2, 0.25) is 0 Å². The Kier molecular flexibility index (Phi) is 7.36. The molecule has 0 atom stereocenters. The zero-order valence-corrected chi connectivity index (χ0v) is 18.7. The number of amides is 2. The molecule has 6 nitrogen and oxygen atoms in total. The second kappa shape index (κ2) is 9.78. The molecular formula is C21H26FN3O3S2. The van der Waals surface area contributed by atoms with Crippen molar-refractivity contribution in [1.29, 1.82) is 0 Å². The normalized spacial score (nSPS) is 14.6. The molecule has 0 saturated heterocycles. The van der Waals surface area contributed by atoms with E-state index in [1.807, 2.05) is 0 Å². The number of hydrogen-bond donors (Lipinski definition) is 2. The lowest BCUT2D eigenvalue weighted by Crippen LogP contribution is -2.38. The van der Waals surface area contributed by atoms with E-state index < -0.39 is 11.4 Å². The second-order valence-corrected chi connectivity index (χ2v) is 10.4. The van der Waals surface area contributed by atoms with Gasteiger partial charge >= 0.3 is 12.0 Å². The molecule has 2 aromatic rings. The molecule has 0 spiro atoms. The summed E-state index contributed by atoms with van der Waals surface area (Å²) in [6, 6.07) is 5.71. The molecule has 1 aliphatic rings. The number of thioether (sulfide) groups is 1. The minimum Gasteiger partial charge on any atom is -0.481 e. The molecule has 1 heterocycles. The van der Waals surface area contributed by atoms with Crippen molar-refractivity contribution in [1.82, 2.24) is 4.98 Å². The van der Waals surface area contributed by atoms with Gasteiger partial charge in [-0.1, -0.05) is 30.2 Å². The molecule has 1 saturated carbocycles. The van der Waals surface area contributed by atoms with Gasteiger partial charge in [-0.3, -0.25) is 15.0 Å². The van der Waals surface area contributed by atoms with Crippen molar-refractivity contribution in [3.8, 4) is 0 Å². The van der Waals surface area contributed by atoms with Crippen LogP contribution in [0.3, 0.4) is 0 Å². The first-order chi connectivity index (χ1) is 14.2. The lowest BCUT2D eigenvalue weighted by atomic mass is 9.97. The highest BCUT2D eigenvalue weighted by atomic mass is 32.2. The van der Waals surface area contributed by atoms with E-state index in [0.717, 1.165) is 29.9 Å². The summed E-state index contributed by atoms with van der Waals surface area (Å²) in [6.07, 6.45) is 6.07. The number of thiazole rings is 1. The minimum absolute atomic E-state index is 0.343. The predicted octanol–water partition coefficient (Wildman–Crippen LogP) is 5.71. The summed E-state index contributed by atoms with van der Waals surface area (Å²) in [4.78, 5) is 30.1. The number of aromatic nitrogens is 1. The van der Waals surface area contributed by atoms with E-state index >= 15 is 0 Å². The van der Waals surface area contributed by atoms with E-state index in [1.165, 1.54) is 35.2 Å². The van der Waals surface area contributed by atoms with E-state index in [-0.39, 0.29) is 11.8 Å². The molecule has 2 amide bonds. The van der Waals surface area contributed by atoms with Crippen LogP contribution in [0.2, 0.25) is 0 Å². The lowest BCUT2D eigenvalue weighted by molar-refractivity contribution is -0.145. The number of nitrogens with one attached hydrogen (secondary N) is 1. The van der Waals surface area contributed by atoms with Crippen molar-refractivity contribution in [2.45, 2.75) is 43.7 Å². The Bertz CT molecular complexity index is 897. The number of urea groups is 1. The lowest BCUT2D eigenvalue weighted by Gasteiger charge is -2.25. The van der Waals surface area contributed by atoms with Crippen molar-refractivity contribution in [2.75, 3.05) is 22.5 Å². The standard InChI is InChI=1S/C21H26FN3O3S2/c1-21(2,18(26)27)13-29-17-11-23-19(30-17)24-20(28)25(12-14-6-3-4-7-14)16-9-5-8-15(22)10-16/h5,8-11,14H,3-4,6-7,12-13H2,1-2H3,(H,26,27)(H,23,24,28). The molecule has 1 aliphatic carbocycles. The maximum atomic E-state index is 13.8. The van der Waals surface area contributed by atoms with E-state index in [2.05, 4.69) is 10.3 Å². The molecule has 9 heteroatoms. The number of hydrogen-bond acceptors (Lipinski definition) is 5. The number of halogens is 1. The number of benzene rings is 1. The molecule has 0 aliphatic heterocycles. The molecular weight excluding hydrogens is 425 g/mol. The van der Waals surface area contributed by atoms with Crippen LogP contribution in [0.4, 0.5) is 20.0 Å². The maximum absolute atomic E-state index is 13.8. The highest BCUT2D eigenvalue weighted by molar-refractivity contribution is 8.01. The minimum atomic E-state index is -0.856. The average Bonchev–Trinajstić information content (AvgIpc) is 3.36. The SMILES string of the molecule is CC(C)(CSc1cnc(NC(=O)N(CC2CCCC2)c2cccc(F)c2)s1)C(=O)O. The van der Waals surface area contributed by atoms with Gasteiger partial charge in [-0.15, -0.1) is 11.8 Å². The van der Waals surface area contributed by atoms with Gasteiger partial charge in [0.15, 0.2) is 5.13 Å². The van der Waals surface area contributed by atoms with Crippen molar-refractivity contribution in [3.63, 3.8) is 0 Å². The van der Waals surface area contributed by atoms with Crippen LogP contribution in [0.5, 0.6) is 0 Å². The van der Waals surface area contributed by atoms with Gasteiger partial charge in [-0.25, -0.2) is 14.2 Å². The highest BCUT2D eigenvalue weighted by Crippen LogP contribution is 2.34. The third kappa shape index (κ3) is 5.95. The van der Waals surface area contributed by atoms with Crippen LogP contribution in [0, 0.1) is 17.2 Å². The first-order valence-electron chi connectivity index (χ1n) is 9.91. The molecule has 0 bridgehead atoms. The van der Waals surface area contributed by atoms with Crippen LogP contribution in [-0.2, 0) is 4.79 Å². The van der Waals surface area contributed by atoms with Gasteiger partial charge < -0.3 is 5.11 Å². The summed E-state index contributed by atoms with van der Waals surface area (Å²) in [7, 11) is 0. The van der Waals surface area contributed by atoms with E-state index in [1.54, 1.807) is 37.1 Å². The van der Waals surface area contributed by atoms with E-state index in [9.17, 15) is 19.1 Å². The first kappa shape index (κ1) is 22.6. The molecule has 30 heavy (non-hydrogen) atoms. The monoisotopic (exact) mass is 451 g/mol. The zero-order chi connectivity index (χ0) is 21.7. The Morgan fingerprint density at radius 1 is 1.37 bits per heavy atom. The fourth-order valence-electron chi connectivity index (χ4n) is 3.26. The summed E-state index contributed by atoms with van der Waals surface area (Å²) < 4.78 is 14.6. The van der Waals surface area contributed by atoms with E-state index in [0.29, 0.717) is 29.0 Å². The number of carboxylic acid groups (broad SMARTS) is 1. The van der Waals surface area contributed by atoms with Gasteiger partial charge in [-0.05, 0) is 50.8 Å². The van der Waals surface area contributed by atoms with Gasteiger partial charge in [-0.2, -0.15) is 0 Å². The van der Waals surface area contributed by atoms with Crippen molar-refractivity contribution in [2.24, 2.45) is 11.3 Å². The van der Waals surface area contributed by atoms with Crippen LogP contribution in [0.25, 0.3) is 0 Å². The number of nitrogens with zero attached hydrogens (tertiary/aromatic N) is 2. The third-order valence-electron chi connectivity index (χ3n) is 5.13. The fourth-order valence-corrected chi connectivity index (χ4v) is 5.20. The van der Waals surface area contributed by atoms with Gasteiger partial charge in [0, 0.05) is 18.0 Å². The third-order valence-corrected chi connectivity index (χ3v) is 7.70. The number of carboxylic acids is 1. The smallest absolute Gasteiger partial charge is 0.328 e. The van der Waals surface area contributed by atoms with Gasteiger partial charge in [0.05, 0.1) is 15.8 Å². The predicted molar refractivity (Wildman–Crippen MR) is 119 cm³/mol. The Labute approximate surface area is 183 Å². The second-order valence-electron chi connectivity index (χ2n) is 8.13. The van der Waals surface area contributed by atoms with E-state index in [4.69, 9.17) is 0 Å². The van der Waals surface area contributed by atoms with Crippen molar-refractivity contribution >= 4 is 45.9 Å². The van der Waals surface area contributed by atoms with Crippen LogP contribution >= 0.6 is 23.1 Å². The fraction of sp³-hybridized carbons (Fsp3) is 0.476. The molecule has 162 valence electrons. The summed E-state index contributed by atoms with van der Waals surface area (Å²) in [5.41, 5.74) is -0.332. The Morgan fingerprint density at radius 2 is 2.10 bits per heavy atom. The molecule has 1 aromatic carbocycles. The zero-order valence-electron chi connectivity index (χ0n) is 17.1.